The molecule has 1 atom stereocenters. The Morgan fingerprint density at radius 1 is 1.67 bits per heavy atom. The molecule has 9 heavy (non-hydrogen) atoms. The van der Waals surface area contributed by atoms with Crippen LogP contribution in [0.5, 0.6) is 0 Å². The Balaban J connectivity index is 2.27. The number of hydroxylamine groups is 3. The molecule has 1 unspecified atom stereocenters. The Hall–Kier alpha value is 0.650. The molecule has 0 bridgehead atoms. The van der Waals surface area contributed by atoms with Crippen LogP contribution in [-0.2, 0) is 0 Å². The molecule has 1 aliphatic heterocycles. The topological polar surface area (TPSA) is 23.1 Å². The van der Waals surface area contributed by atoms with E-state index in [1.807, 2.05) is 0 Å². The van der Waals surface area contributed by atoms with E-state index in [1.165, 1.54) is 0 Å². The molecular weight excluding hydrogens is 229 g/mol. The summed E-state index contributed by atoms with van der Waals surface area (Å²) in [4.78, 5) is 0. The minimum Gasteiger partial charge on any atom is -0.633 e. The molecule has 0 aromatic rings. The van der Waals surface area contributed by atoms with Crippen LogP contribution in [0.1, 0.15) is 6.92 Å². The molecule has 0 saturated carbocycles. The SMILES string of the molecule is CC(I)C1C[N+](C)([O-])C1. The van der Waals surface area contributed by atoms with E-state index < -0.39 is 0 Å². The monoisotopic (exact) mass is 241 g/mol. The fraction of sp³-hybridized carbons (Fsp3) is 1.00. The van der Waals surface area contributed by atoms with Gasteiger partial charge in [-0.3, -0.25) is 0 Å². The first-order chi connectivity index (χ1) is 4.01. The van der Waals surface area contributed by atoms with E-state index >= 15 is 0 Å². The van der Waals surface area contributed by atoms with Crippen LogP contribution >= 0.6 is 22.6 Å². The summed E-state index contributed by atoms with van der Waals surface area (Å²) in [5.41, 5.74) is 0. The van der Waals surface area contributed by atoms with Gasteiger partial charge < -0.3 is 9.85 Å². The molecule has 0 aliphatic carbocycles. The number of hydrogen-bond donors (Lipinski definition) is 0. The van der Waals surface area contributed by atoms with E-state index in [0.29, 0.717) is 9.84 Å². The molecule has 0 spiro atoms. The highest BCUT2D eigenvalue weighted by Gasteiger charge is 2.36. The molecule has 1 fully saturated rings. The van der Waals surface area contributed by atoms with E-state index in [4.69, 9.17) is 0 Å². The van der Waals surface area contributed by atoms with Crippen LogP contribution in [-0.4, -0.2) is 28.7 Å². The summed E-state index contributed by atoms with van der Waals surface area (Å²) in [5.74, 6) is 0.674. The minimum absolute atomic E-state index is 0.0159. The maximum Gasteiger partial charge on any atom is 0.0875 e. The molecule has 2 nitrogen and oxygen atoms in total. The van der Waals surface area contributed by atoms with Crippen LogP contribution < -0.4 is 0 Å². The third-order valence-corrected chi connectivity index (χ3v) is 2.91. The summed E-state index contributed by atoms with van der Waals surface area (Å²) in [7, 11) is 1.75. The third kappa shape index (κ3) is 1.78. The van der Waals surface area contributed by atoms with Crippen molar-refractivity contribution in [2.75, 3.05) is 20.1 Å². The van der Waals surface area contributed by atoms with Crippen molar-refractivity contribution in [2.45, 2.75) is 10.8 Å². The highest BCUT2D eigenvalue weighted by atomic mass is 127. The summed E-state index contributed by atoms with van der Waals surface area (Å²) in [6, 6.07) is 0. The van der Waals surface area contributed by atoms with E-state index in [2.05, 4.69) is 29.5 Å². The van der Waals surface area contributed by atoms with E-state index in [-0.39, 0.29) is 4.65 Å². The van der Waals surface area contributed by atoms with Gasteiger partial charge in [-0.05, 0) is 0 Å². The van der Waals surface area contributed by atoms with Crippen LogP contribution in [0.15, 0.2) is 0 Å². The lowest BCUT2D eigenvalue weighted by molar-refractivity contribution is -0.911. The van der Waals surface area contributed by atoms with Crippen molar-refractivity contribution in [3.63, 3.8) is 0 Å². The van der Waals surface area contributed by atoms with Crippen molar-refractivity contribution < 1.29 is 4.65 Å². The molecule has 0 radical (unpaired) electrons. The molecule has 0 aromatic carbocycles. The minimum atomic E-state index is -0.0159. The maximum absolute atomic E-state index is 11.0. The standard InChI is InChI=1S/C6H12INO/c1-5(7)6-3-8(2,9)4-6/h5-6H,3-4H2,1-2H3. The average molecular weight is 241 g/mol. The number of quaternary nitrogens is 1. The number of rotatable bonds is 1. The van der Waals surface area contributed by atoms with Gasteiger partial charge in [0.1, 0.15) is 0 Å². The number of halogens is 1. The Kier molecular flexibility index (Phi) is 2.03. The van der Waals surface area contributed by atoms with Crippen LogP contribution in [0.3, 0.4) is 0 Å². The van der Waals surface area contributed by atoms with E-state index in [1.54, 1.807) is 7.05 Å². The zero-order valence-electron chi connectivity index (χ0n) is 5.80. The van der Waals surface area contributed by atoms with Gasteiger partial charge in [0.15, 0.2) is 0 Å². The van der Waals surface area contributed by atoms with Crippen molar-refractivity contribution in [3.8, 4) is 0 Å². The molecule has 1 saturated heterocycles. The molecule has 1 heterocycles. The Morgan fingerprint density at radius 2 is 2.11 bits per heavy atom. The van der Waals surface area contributed by atoms with Gasteiger partial charge in [0.05, 0.1) is 26.1 Å². The summed E-state index contributed by atoms with van der Waals surface area (Å²) in [5, 5.41) is 11.0. The number of likely N-dealkylation sites (tertiary alicyclic amines) is 1. The second-order valence-electron chi connectivity index (χ2n) is 3.10. The molecule has 0 amide bonds. The van der Waals surface area contributed by atoms with Crippen LogP contribution in [0.4, 0.5) is 0 Å². The first-order valence-corrected chi connectivity index (χ1v) is 4.45. The van der Waals surface area contributed by atoms with Gasteiger partial charge in [0.2, 0.25) is 0 Å². The normalized spacial score (nSPS) is 46.0. The molecule has 54 valence electrons. The lowest BCUT2D eigenvalue weighted by Crippen LogP contribution is -2.58. The Bertz CT molecular complexity index is 106. The second kappa shape index (κ2) is 2.36. The van der Waals surface area contributed by atoms with Gasteiger partial charge in [0, 0.05) is 3.92 Å². The number of hydrogen-bond acceptors (Lipinski definition) is 1. The quantitative estimate of drug-likeness (QED) is 0.294. The van der Waals surface area contributed by atoms with Crippen molar-refractivity contribution in [3.05, 3.63) is 5.21 Å². The average Bonchev–Trinajstić information content (AvgIpc) is 1.59. The molecule has 1 aliphatic rings. The van der Waals surface area contributed by atoms with Gasteiger partial charge in [-0.15, -0.1) is 0 Å². The van der Waals surface area contributed by atoms with Crippen molar-refractivity contribution in [1.82, 2.24) is 0 Å². The third-order valence-electron chi connectivity index (χ3n) is 1.89. The number of nitrogens with zero attached hydrogens (tertiary/aromatic N) is 1. The summed E-state index contributed by atoms with van der Waals surface area (Å²) in [6.07, 6.45) is 0. The lowest BCUT2D eigenvalue weighted by Gasteiger charge is -2.52. The van der Waals surface area contributed by atoms with E-state index in [9.17, 15) is 5.21 Å². The summed E-state index contributed by atoms with van der Waals surface area (Å²) in [6.45, 7) is 3.82. The first-order valence-electron chi connectivity index (χ1n) is 3.21. The fourth-order valence-electron chi connectivity index (χ4n) is 1.23. The van der Waals surface area contributed by atoms with Crippen LogP contribution in [0, 0.1) is 11.1 Å². The first kappa shape index (κ1) is 7.75. The number of alkyl halides is 1. The molecule has 0 N–H and O–H groups in total. The van der Waals surface area contributed by atoms with Crippen LogP contribution in [0.25, 0.3) is 0 Å². The van der Waals surface area contributed by atoms with E-state index in [0.717, 1.165) is 13.1 Å². The fourth-order valence-corrected chi connectivity index (χ4v) is 1.68. The maximum atomic E-state index is 11.0. The van der Waals surface area contributed by atoms with Crippen LogP contribution in [0.2, 0.25) is 0 Å². The van der Waals surface area contributed by atoms with Gasteiger partial charge in [-0.25, -0.2) is 0 Å². The van der Waals surface area contributed by atoms with Gasteiger partial charge >= 0.3 is 0 Å². The predicted octanol–water partition coefficient (Wildman–Crippen LogP) is 1.38. The highest BCUT2D eigenvalue weighted by molar-refractivity contribution is 14.1. The van der Waals surface area contributed by atoms with Gasteiger partial charge in [-0.1, -0.05) is 29.5 Å². The zero-order valence-corrected chi connectivity index (χ0v) is 7.96. The lowest BCUT2D eigenvalue weighted by atomic mass is 9.98. The van der Waals surface area contributed by atoms with Gasteiger partial charge in [-0.2, -0.15) is 0 Å². The Labute approximate surface area is 69.5 Å². The summed E-state index contributed by atoms with van der Waals surface area (Å²) >= 11 is 2.39. The van der Waals surface area contributed by atoms with Crippen molar-refractivity contribution in [2.24, 2.45) is 5.92 Å². The molecule has 1 rings (SSSR count). The van der Waals surface area contributed by atoms with Crippen molar-refractivity contribution in [1.29, 1.82) is 0 Å². The summed E-state index contributed by atoms with van der Waals surface area (Å²) < 4.78 is 0.653. The highest BCUT2D eigenvalue weighted by Crippen LogP contribution is 2.28. The van der Waals surface area contributed by atoms with Crippen molar-refractivity contribution >= 4 is 22.6 Å². The Morgan fingerprint density at radius 3 is 2.22 bits per heavy atom. The zero-order chi connectivity index (χ0) is 7.07. The molecule has 0 aromatic heterocycles. The predicted molar refractivity (Wildman–Crippen MR) is 46.3 cm³/mol. The molecule has 3 heteroatoms. The second-order valence-corrected chi connectivity index (χ2v) is 5.06. The largest absolute Gasteiger partial charge is 0.633 e. The van der Waals surface area contributed by atoms with Gasteiger partial charge in [0.25, 0.3) is 0 Å². The smallest absolute Gasteiger partial charge is 0.0875 e. The molecular formula is C6H12INO.